The lowest BCUT2D eigenvalue weighted by molar-refractivity contribution is -0.119. The summed E-state index contributed by atoms with van der Waals surface area (Å²) in [6, 6.07) is 10.9. The highest BCUT2D eigenvalue weighted by molar-refractivity contribution is 8.00. The zero-order chi connectivity index (χ0) is 16.8. The molecule has 0 aliphatic heterocycles. The molecule has 2 N–H and O–H groups in total. The van der Waals surface area contributed by atoms with Crippen molar-refractivity contribution in [1.82, 2.24) is 5.32 Å². The smallest absolute Gasteiger partial charge is 0.308 e. The number of nitrogens with one attached hydrogen (secondary N) is 2. The Bertz CT molecular complexity index is 710. The van der Waals surface area contributed by atoms with E-state index in [1.165, 1.54) is 6.92 Å². The molecule has 0 aliphatic carbocycles. The molecule has 0 radical (unpaired) electrons. The van der Waals surface area contributed by atoms with Gasteiger partial charge in [-0.05, 0) is 37.3 Å². The largest absolute Gasteiger partial charge is 0.325 e. The van der Waals surface area contributed by atoms with Gasteiger partial charge in [0.05, 0.1) is 5.25 Å². The maximum Gasteiger partial charge on any atom is 0.325 e. The van der Waals surface area contributed by atoms with Gasteiger partial charge in [-0.2, -0.15) is 0 Å². The fourth-order valence-corrected chi connectivity index (χ4v) is 2.62. The molecule has 3 amide bonds. The minimum absolute atomic E-state index is 0.0103. The molecule has 0 aliphatic rings. The highest BCUT2D eigenvalue weighted by Crippen LogP contribution is 2.26. The summed E-state index contributed by atoms with van der Waals surface area (Å²) < 4.78 is 26.7. The van der Waals surface area contributed by atoms with Crippen LogP contribution in [0.1, 0.15) is 6.92 Å². The van der Waals surface area contributed by atoms with Crippen molar-refractivity contribution in [1.29, 1.82) is 0 Å². The van der Waals surface area contributed by atoms with E-state index in [0.29, 0.717) is 5.69 Å². The van der Waals surface area contributed by atoms with Crippen LogP contribution in [0.3, 0.4) is 0 Å². The van der Waals surface area contributed by atoms with Gasteiger partial charge in [0.25, 0.3) is 0 Å². The Hall–Kier alpha value is -2.41. The molecule has 0 saturated carbocycles. The number of urea groups is 1. The molecule has 4 nitrogen and oxygen atoms in total. The van der Waals surface area contributed by atoms with Crippen molar-refractivity contribution in [2.45, 2.75) is 17.1 Å². The molecule has 0 bridgehead atoms. The predicted octanol–water partition coefficient (Wildman–Crippen LogP) is 3.79. The van der Waals surface area contributed by atoms with Crippen molar-refractivity contribution in [3.63, 3.8) is 0 Å². The van der Waals surface area contributed by atoms with Gasteiger partial charge in [0.1, 0.15) is 11.6 Å². The first-order valence-electron chi connectivity index (χ1n) is 6.74. The Morgan fingerprint density at radius 2 is 1.78 bits per heavy atom. The Kier molecular flexibility index (Phi) is 5.70. The Morgan fingerprint density at radius 1 is 1.09 bits per heavy atom. The summed E-state index contributed by atoms with van der Waals surface area (Å²) in [5, 5.41) is 3.88. The van der Waals surface area contributed by atoms with E-state index in [9.17, 15) is 18.4 Å². The van der Waals surface area contributed by atoms with E-state index in [-0.39, 0.29) is 4.90 Å². The zero-order valence-electron chi connectivity index (χ0n) is 12.2. The summed E-state index contributed by atoms with van der Waals surface area (Å²) in [4.78, 5) is 23.7. The number of anilines is 1. The van der Waals surface area contributed by atoms with Gasteiger partial charge in [0, 0.05) is 10.6 Å². The van der Waals surface area contributed by atoms with Crippen molar-refractivity contribution in [2.75, 3.05) is 5.32 Å². The topological polar surface area (TPSA) is 58.2 Å². The first kappa shape index (κ1) is 17.0. The molecule has 0 spiro atoms. The number of carbonyl (C=O) groups is 2. The van der Waals surface area contributed by atoms with Crippen LogP contribution in [0.25, 0.3) is 0 Å². The van der Waals surface area contributed by atoms with Crippen LogP contribution in [0.5, 0.6) is 0 Å². The van der Waals surface area contributed by atoms with Gasteiger partial charge in [0.2, 0.25) is 5.91 Å². The van der Waals surface area contributed by atoms with Gasteiger partial charge >= 0.3 is 6.03 Å². The van der Waals surface area contributed by atoms with Crippen LogP contribution < -0.4 is 10.6 Å². The van der Waals surface area contributed by atoms with Crippen molar-refractivity contribution >= 4 is 29.4 Å². The number of rotatable bonds is 4. The first-order chi connectivity index (χ1) is 11.0. The van der Waals surface area contributed by atoms with E-state index in [0.717, 1.165) is 30.0 Å². The van der Waals surface area contributed by atoms with Gasteiger partial charge in [-0.25, -0.2) is 13.6 Å². The van der Waals surface area contributed by atoms with Crippen molar-refractivity contribution in [2.24, 2.45) is 0 Å². The van der Waals surface area contributed by atoms with Gasteiger partial charge in [0.15, 0.2) is 0 Å². The second kappa shape index (κ2) is 7.73. The maximum absolute atomic E-state index is 13.5. The summed E-state index contributed by atoms with van der Waals surface area (Å²) in [7, 11) is 0. The minimum Gasteiger partial charge on any atom is -0.308 e. The maximum atomic E-state index is 13.5. The third-order valence-corrected chi connectivity index (χ3v) is 3.97. The second-order valence-electron chi connectivity index (χ2n) is 4.64. The lowest BCUT2D eigenvalue weighted by atomic mass is 10.3. The lowest BCUT2D eigenvalue weighted by Gasteiger charge is -2.12. The number of halogens is 2. The normalized spacial score (nSPS) is 11.6. The number of imide groups is 1. The monoisotopic (exact) mass is 336 g/mol. The fraction of sp³-hybridized carbons (Fsp3) is 0.125. The molecule has 0 aromatic heterocycles. The average Bonchev–Trinajstić information content (AvgIpc) is 2.51. The van der Waals surface area contributed by atoms with E-state index >= 15 is 0 Å². The average molecular weight is 336 g/mol. The summed E-state index contributed by atoms with van der Waals surface area (Å²) in [5.41, 5.74) is 0.536. The molecule has 0 saturated heterocycles. The van der Waals surface area contributed by atoms with E-state index in [2.05, 4.69) is 10.6 Å². The van der Waals surface area contributed by atoms with Crippen molar-refractivity contribution in [3.8, 4) is 0 Å². The van der Waals surface area contributed by atoms with Crippen LogP contribution in [0.15, 0.2) is 53.4 Å². The lowest BCUT2D eigenvalue weighted by Crippen LogP contribution is -2.38. The number of para-hydroxylation sites is 1. The third kappa shape index (κ3) is 5.07. The van der Waals surface area contributed by atoms with Gasteiger partial charge in [-0.15, -0.1) is 11.8 Å². The third-order valence-electron chi connectivity index (χ3n) is 2.83. The van der Waals surface area contributed by atoms with Gasteiger partial charge in [-0.3, -0.25) is 10.1 Å². The molecule has 2 aromatic carbocycles. The number of amides is 3. The van der Waals surface area contributed by atoms with Crippen LogP contribution in [-0.2, 0) is 4.79 Å². The molecule has 23 heavy (non-hydrogen) atoms. The number of benzene rings is 2. The summed E-state index contributed by atoms with van der Waals surface area (Å²) in [5.74, 6) is -1.82. The minimum atomic E-state index is -0.771. The zero-order valence-corrected chi connectivity index (χ0v) is 13.0. The molecule has 1 atom stereocenters. The van der Waals surface area contributed by atoms with Crippen LogP contribution >= 0.6 is 11.8 Å². The van der Waals surface area contributed by atoms with Crippen LogP contribution in [0.4, 0.5) is 19.3 Å². The van der Waals surface area contributed by atoms with Crippen LogP contribution in [0.2, 0.25) is 0 Å². The van der Waals surface area contributed by atoms with E-state index in [1.54, 1.807) is 30.3 Å². The molecule has 0 unspecified atom stereocenters. The van der Waals surface area contributed by atoms with Crippen LogP contribution in [0, 0.1) is 11.6 Å². The number of carbonyl (C=O) groups excluding carboxylic acids is 2. The molecular weight excluding hydrogens is 322 g/mol. The number of hydrogen-bond donors (Lipinski definition) is 2. The van der Waals surface area contributed by atoms with Gasteiger partial charge in [-0.1, -0.05) is 18.2 Å². The second-order valence-corrected chi connectivity index (χ2v) is 6.03. The van der Waals surface area contributed by atoms with E-state index in [1.807, 2.05) is 0 Å². The molecule has 2 rings (SSSR count). The molecule has 120 valence electrons. The van der Waals surface area contributed by atoms with Crippen molar-refractivity contribution in [3.05, 3.63) is 60.2 Å². The Morgan fingerprint density at radius 3 is 2.48 bits per heavy atom. The number of thioether (sulfide) groups is 1. The molecule has 0 fully saturated rings. The van der Waals surface area contributed by atoms with E-state index < -0.39 is 28.8 Å². The highest BCUT2D eigenvalue weighted by atomic mass is 32.2. The van der Waals surface area contributed by atoms with Crippen molar-refractivity contribution < 1.29 is 18.4 Å². The standard InChI is InChI=1S/C16H14F2N2O2S/c1-10(23-14-9-11(17)7-8-13(14)18)15(21)20-16(22)19-12-5-3-2-4-6-12/h2-10H,1H3,(H2,19,20,21,22)/t10-/m0/s1. The SMILES string of the molecule is C[C@H](Sc1cc(F)ccc1F)C(=O)NC(=O)Nc1ccccc1. The molecule has 7 heteroatoms. The van der Waals surface area contributed by atoms with E-state index in [4.69, 9.17) is 0 Å². The highest BCUT2D eigenvalue weighted by Gasteiger charge is 2.19. The fourth-order valence-electron chi connectivity index (χ4n) is 1.71. The summed E-state index contributed by atoms with van der Waals surface area (Å²) >= 11 is 0.834. The Balaban J connectivity index is 1.92. The quantitative estimate of drug-likeness (QED) is 0.835. The number of hydrogen-bond acceptors (Lipinski definition) is 3. The molecule has 0 heterocycles. The van der Waals surface area contributed by atoms with Gasteiger partial charge < -0.3 is 5.32 Å². The summed E-state index contributed by atoms with van der Waals surface area (Å²) in [6.45, 7) is 1.50. The first-order valence-corrected chi connectivity index (χ1v) is 7.62. The molecule has 2 aromatic rings. The Labute approximate surface area is 136 Å². The summed E-state index contributed by atoms with van der Waals surface area (Å²) in [6.07, 6.45) is 0. The van der Waals surface area contributed by atoms with Crippen LogP contribution in [-0.4, -0.2) is 17.2 Å². The predicted molar refractivity (Wildman–Crippen MR) is 85.3 cm³/mol. The molecular formula is C16H14F2N2O2S.